The number of aliphatic hydroxyl groups excluding tert-OH is 1. The summed E-state index contributed by atoms with van der Waals surface area (Å²) in [5.41, 5.74) is 0.888. The Kier molecular flexibility index (Phi) is 6.05. The van der Waals surface area contributed by atoms with E-state index >= 15 is 0 Å². The van der Waals surface area contributed by atoms with Crippen molar-refractivity contribution in [2.45, 2.75) is 51.6 Å². The van der Waals surface area contributed by atoms with Gasteiger partial charge in [0, 0.05) is 12.5 Å². The number of aliphatic hydroxyl groups is 1. The second kappa shape index (κ2) is 7.79. The average Bonchev–Trinajstić information content (AvgIpc) is 3.14. The van der Waals surface area contributed by atoms with E-state index in [-0.39, 0.29) is 11.8 Å². The molecule has 2 N–H and O–H groups in total. The molecule has 2 rings (SSSR count). The van der Waals surface area contributed by atoms with Crippen molar-refractivity contribution < 1.29 is 9.90 Å². The third-order valence-corrected chi connectivity index (χ3v) is 5.06. The minimum Gasteiger partial charge on any atom is -0.387 e. The van der Waals surface area contributed by atoms with Gasteiger partial charge >= 0.3 is 0 Å². The monoisotopic (exact) mass is 295 g/mol. The van der Waals surface area contributed by atoms with Gasteiger partial charge in [0.15, 0.2) is 0 Å². The molecule has 0 radical (unpaired) electrons. The summed E-state index contributed by atoms with van der Waals surface area (Å²) in [5, 5.41) is 16.8. The highest BCUT2D eigenvalue weighted by atomic mass is 32.1. The Hall–Kier alpha value is -0.870. The van der Waals surface area contributed by atoms with Crippen molar-refractivity contribution >= 4 is 17.2 Å². The molecule has 1 aliphatic carbocycles. The third kappa shape index (κ3) is 4.32. The van der Waals surface area contributed by atoms with Crippen molar-refractivity contribution in [2.75, 3.05) is 6.54 Å². The SMILES string of the molecule is CCC(CC1CCCC1)C(=O)NCC(O)c1ccsc1. The zero-order chi connectivity index (χ0) is 14.4. The van der Waals surface area contributed by atoms with Crippen molar-refractivity contribution in [3.05, 3.63) is 22.4 Å². The van der Waals surface area contributed by atoms with E-state index < -0.39 is 6.10 Å². The fourth-order valence-electron chi connectivity index (χ4n) is 3.03. The van der Waals surface area contributed by atoms with Crippen LogP contribution in [0.25, 0.3) is 0 Å². The minimum absolute atomic E-state index is 0.104. The summed E-state index contributed by atoms with van der Waals surface area (Å²) in [4.78, 5) is 12.2. The molecule has 1 saturated carbocycles. The Morgan fingerprint density at radius 1 is 1.50 bits per heavy atom. The van der Waals surface area contributed by atoms with Gasteiger partial charge in [0.1, 0.15) is 0 Å². The van der Waals surface area contributed by atoms with Crippen LogP contribution in [0.15, 0.2) is 16.8 Å². The highest BCUT2D eigenvalue weighted by Gasteiger charge is 2.24. The van der Waals surface area contributed by atoms with Gasteiger partial charge in [-0.3, -0.25) is 4.79 Å². The largest absolute Gasteiger partial charge is 0.387 e. The van der Waals surface area contributed by atoms with Crippen molar-refractivity contribution in [3.63, 3.8) is 0 Å². The highest BCUT2D eigenvalue weighted by Crippen LogP contribution is 2.31. The van der Waals surface area contributed by atoms with Crippen LogP contribution in [0.2, 0.25) is 0 Å². The molecule has 112 valence electrons. The van der Waals surface area contributed by atoms with Gasteiger partial charge in [-0.25, -0.2) is 0 Å². The van der Waals surface area contributed by atoms with Crippen LogP contribution in [0, 0.1) is 11.8 Å². The lowest BCUT2D eigenvalue weighted by molar-refractivity contribution is -0.126. The van der Waals surface area contributed by atoms with Crippen molar-refractivity contribution in [1.29, 1.82) is 0 Å². The lowest BCUT2D eigenvalue weighted by Gasteiger charge is -2.19. The summed E-state index contributed by atoms with van der Waals surface area (Å²) >= 11 is 1.56. The summed E-state index contributed by atoms with van der Waals surface area (Å²) < 4.78 is 0. The zero-order valence-electron chi connectivity index (χ0n) is 12.2. The van der Waals surface area contributed by atoms with Crippen LogP contribution in [0.5, 0.6) is 0 Å². The predicted octanol–water partition coefficient (Wildman–Crippen LogP) is 3.50. The van der Waals surface area contributed by atoms with Crippen molar-refractivity contribution in [1.82, 2.24) is 5.32 Å². The molecule has 1 aromatic rings. The Labute approximate surface area is 125 Å². The molecule has 3 nitrogen and oxygen atoms in total. The van der Waals surface area contributed by atoms with E-state index in [0.717, 1.165) is 24.3 Å². The van der Waals surface area contributed by atoms with Gasteiger partial charge in [-0.1, -0.05) is 32.6 Å². The molecule has 0 bridgehead atoms. The maximum absolute atomic E-state index is 12.2. The molecule has 0 aliphatic heterocycles. The summed E-state index contributed by atoms with van der Waals surface area (Å²) in [6, 6.07) is 1.90. The molecule has 2 unspecified atom stereocenters. The van der Waals surface area contributed by atoms with E-state index in [1.807, 2.05) is 16.8 Å². The van der Waals surface area contributed by atoms with Crippen LogP contribution < -0.4 is 5.32 Å². The number of nitrogens with one attached hydrogen (secondary N) is 1. The fraction of sp³-hybridized carbons (Fsp3) is 0.688. The molecule has 1 aromatic heterocycles. The molecule has 0 aromatic carbocycles. The molecule has 4 heteroatoms. The molecular formula is C16H25NO2S. The van der Waals surface area contributed by atoms with E-state index in [2.05, 4.69) is 12.2 Å². The molecule has 1 fully saturated rings. The van der Waals surface area contributed by atoms with Crippen LogP contribution in [0.4, 0.5) is 0 Å². The van der Waals surface area contributed by atoms with E-state index in [1.54, 1.807) is 11.3 Å². The smallest absolute Gasteiger partial charge is 0.223 e. The Morgan fingerprint density at radius 3 is 2.85 bits per heavy atom. The molecule has 1 amide bonds. The molecule has 1 heterocycles. The fourth-order valence-corrected chi connectivity index (χ4v) is 3.74. The van der Waals surface area contributed by atoms with E-state index in [1.165, 1.54) is 25.7 Å². The first-order valence-corrected chi connectivity index (χ1v) is 8.62. The second-order valence-corrected chi connectivity index (χ2v) is 6.59. The van der Waals surface area contributed by atoms with Gasteiger partial charge in [-0.2, -0.15) is 11.3 Å². The van der Waals surface area contributed by atoms with Crippen molar-refractivity contribution in [2.24, 2.45) is 11.8 Å². The Balaban J connectivity index is 1.76. The first kappa shape index (κ1) is 15.5. The van der Waals surface area contributed by atoms with Crippen LogP contribution in [0.3, 0.4) is 0 Å². The second-order valence-electron chi connectivity index (χ2n) is 5.81. The predicted molar refractivity (Wildman–Crippen MR) is 82.6 cm³/mol. The summed E-state index contributed by atoms with van der Waals surface area (Å²) in [6.07, 6.45) is 6.50. The summed E-state index contributed by atoms with van der Waals surface area (Å²) in [6.45, 7) is 2.39. The molecule has 0 spiro atoms. The summed E-state index contributed by atoms with van der Waals surface area (Å²) in [5.74, 6) is 0.939. The maximum Gasteiger partial charge on any atom is 0.223 e. The van der Waals surface area contributed by atoms with Crippen LogP contribution in [0.1, 0.15) is 57.1 Å². The van der Waals surface area contributed by atoms with Gasteiger partial charge < -0.3 is 10.4 Å². The minimum atomic E-state index is -0.589. The molecule has 2 atom stereocenters. The molecule has 20 heavy (non-hydrogen) atoms. The van der Waals surface area contributed by atoms with Crippen molar-refractivity contribution in [3.8, 4) is 0 Å². The van der Waals surface area contributed by atoms with Crippen LogP contribution in [-0.2, 0) is 4.79 Å². The third-order valence-electron chi connectivity index (χ3n) is 4.35. The van der Waals surface area contributed by atoms with Gasteiger partial charge in [-0.05, 0) is 41.1 Å². The lowest BCUT2D eigenvalue weighted by Crippen LogP contribution is -2.34. The highest BCUT2D eigenvalue weighted by molar-refractivity contribution is 7.07. The Bertz CT molecular complexity index is 399. The summed E-state index contributed by atoms with van der Waals surface area (Å²) in [7, 11) is 0. The first-order valence-electron chi connectivity index (χ1n) is 7.68. The standard InChI is InChI=1S/C16H25NO2S/c1-2-13(9-12-5-3-4-6-12)16(19)17-10-15(18)14-7-8-20-11-14/h7-8,11-13,15,18H,2-6,9-10H2,1H3,(H,17,19). The first-order chi connectivity index (χ1) is 9.70. The number of amides is 1. The van der Waals surface area contributed by atoms with Crippen LogP contribution in [-0.4, -0.2) is 17.6 Å². The lowest BCUT2D eigenvalue weighted by atomic mass is 9.91. The van der Waals surface area contributed by atoms with Crippen LogP contribution >= 0.6 is 11.3 Å². The average molecular weight is 295 g/mol. The van der Waals surface area contributed by atoms with Gasteiger partial charge in [-0.15, -0.1) is 0 Å². The number of hydrogen-bond donors (Lipinski definition) is 2. The number of hydrogen-bond acceptors (Lipinski definition) is 3. The molecule has 0 saturated heterocycles. The van der Waals surface area contributed by atoms with E-state index in [4.69, 9.17) is 0 Å². The normalized spacial score (nSPS) is 18.9. The zero-order valence-corrected chi connectivity index (χ0v) is 13.0. The topological polar surface area (TPSA) is 49.3 Å². The number of carbonyl (C=O) groups excluding carboxylic acids is 1. The molecule has 1 aliphatic rings. The van der Waals surface area contributed by atoms with Gasteiger partial charge in [0.05, 0.1) is 6.10 Å². The van der Waals surface area contributed by atoms with E-state index in [9.17, 15) is 9.90 Å². The number of carbonyl (C=O) groups is 1. The van der Waals surface area contributed by atoms with E-state index in [0.29, 0.717) is 6.54 Å². The number of thiophene rings is 1. The van der Waals surface area contributed by atoms with Gasteiger partial charge in [0.2, 0.25) is 5.91 Å². The number of rotatable bonds is 7. The molecular weight excluding hydrogens is 270 g/mol. The maximum atomic E-state index is 12.2. The quantitative estimate of drug-likeness (QED) is 0.809. The Morgan fingerprint density at radius 2 is 2.25 bits per heavy atom. The van der Waals surface area contributed by atoms with Gasteiger partial charge in [0.25, 0.3) is 0 Å².